The van der Waals surface area contributed by atoms with Crippen LogP contribution in [0.3, 0.4) is 0 Å². The summed E-state index contributed by atoms with van der Waals surface area (Å²) in [6.07, 6.45) is 0. The highest BCUT2D eigenvalue weighted by molar-refractivity contribution is 7.92. The fourth-order valence-electron chi connectivity index (χ4n) is 2.96. The van der Waals surface area contributed by atoms with Crippen LogP contribution in [0.5, 0.6) is 0 Å². The quantitative estimate of drug-likeness (QED) is 0.327. The molecule has 0 bridgehead atoms. The zero-order valence-corrected chi connectivity index (χ0v) is 18.9. The topological polar surface area (TPSA) is 168 Å². The lowest BCUT2D eigenvalue weighted by Gasteiger charge is -2.08. The molecule has 4 N–H and O–H groups in total. The van der Waals surface area contributed by atoms with E-state index in [0.717, 1.165) is 26.5 Å². The second-order valence-corrected chi connectivity index (χ2v) is 9.98. The van der Waals surface area contributed by atoms with Crippen LogP contribution in [-0.4, -0.2) is 41.2 Å². The van der Waals surface area contributed by atoms with Crippen LogP contribution in [-0.2, 0) is 10.0 Å². The summed E-state index contributed by atoms with van der Waals surface area (Å²) in [4.78, 5) is 40.8. The fourth-order valence-corrected chi connectivity index (χ4v) is 5.15. The van der Waals surface area contributed by atoms with E-state index in [4.69, 9.17) is 0 Å². The molecule has 4 rings (SSSR count). The summed E-state index contributed by atoms with van der Waals surface area (Å²) in [6.45, 7) is 1.74. The first-order valence-electron chi connectivity index (χ1n) is 9.39. The molecule has 4 aromatic rings. The molecule has 0 aliphatic carbocycles. The number of aryl methyl sites for hydroxylation is 1. The van der Waals surface area contributed by atoms with Crippen molar-refractivity contribution < 1.29 is 13.2 Å². The number of hydrogen-bond acceptors (Lipinski definition) is 9. The van der Waals surface area contributed by atoms with Gasteiger partial charge in [0.1, 0.15) is 4.21 Å². The van der Waals surface area contributed by atoms with Gasteiger partial charge < -0.3 is 10.3 Å². The van der Waals surface area contributed by atoms with E-state index in [1.165, 1.54) is 18.2 Å². The number of sulfonamides is 1. The molecular weight excluding hydrogens is 470 g/mol. The number of rotatable bonds is 5. The van der Waals surface area contributed by atoms with Crippen LogP contribution in [0.1, 0.15) is 4.88 Å². The average molecular weight is 488 g/mol. The number of thiophene rings is 1. The first kappa shape index (κ1) is 22.2. The van der Waals surface area contributed by atoms with Gasteiger partial charge in [-0.1, -0.05) is 0 Å². The maximum Gasteiger partial charge on any atom is 0.334 e. The van der Waals surface area contributed by atoms with Gasteiger partial charge >= 0.3 is 11.7 Å². The van der Waals surface area contributed by atoms with Gasteiger partial charge in [0.25, 0.3) is 15.6 Å². The van der Waals surface area contributed by atoms with Crippen molar-refractivity contribution in [3.8, 4) is 5.82 Å². The minimum Gasteiger partial charge on any atom is -0.388 e. The number of anilines is 2. The Morgan fingerprint density at radius 1 is 1.09 bits per heavy atom. The Morgan fingerprint density at radius 3 is 2.52 bits per heavy atom. The number of fused-ring (bicyclic) bond motifs is 1. The van der Waals surface area contributed by atoms with Gasteiger partial charge in [-0.05, 0) is 49.4 Å². The zero-order chi connectivity index (χ0) is 23.8. The van der Waals surface area contributed by atoms with Gasteiger partial charge in [0.05, 0.1) is 10.9 Å². The predicted octanol–water partition coefficient (Wildman–Crippen LogP) is 1.39. The second-order valence-electron chi connectivity index (χ2n) is 6.78. The van der Waals surface area contributed by atoms with Gasteiger partial charge in [0, 0.05) is 17.6 Å². The van der Waals surface area contributed by atoms with Crippen LogP contribution in [0, 0.1) is 6.92 Å². The molecular formula is C19H17N7O5S2. The number of aromatic nitrogens is 4. The first-order chi connectivity index (χ1) is 15.7. The molecule has 0 radical (unpaired) electrons. The third-order valence-corrected chi connectivity index (χ3v) is 7.34. The highest BCUT2D eigenvalue weighted by Gasteiger charge is 2.20. The summed E-state index contributed by atoms with van der Waals surface area (Å²) in [7, 11) is -2.32. The minimum atomic E-state index is -4.03. The molecule has 1 aromatic carbocycles. The largest absolute Gasteiger partial charge is 0.388 e. The number of carbonyl (C=O) groups excluding carboxylic acids is 1. The summed E-state index contributed by atoms with van der Waals surface area (Å²) in [5, 5.41) is 13.0. The molecule has 0 atom stereocenters. The van der Waals surface area contributed by atoms with Gasteiger partial charge in [0.15, 0.2) is 11.6 Å². The number of urea groups is 1. The van der Waals surface area contributed by atoms with E-state index in [9.17, 15) is 22.8 Å². The maximum atomic E-state index is 12.8. The molecule has 0 spiro atoms. The lowest BCUT2D eigenvalue weighted by Crippen LogP contribution is -2.35. The van der Waals surface area contributed by atoms with E-state index >= 15 is 0 Å². The second kappa shape index (κ2) is 8.48. The van der Waals surface area contributed by atoms with Crippen molar-refractivity contribution in [1.82, 2.24) is 24.5 Å². The minimum absolute atomic E-state index is 0.00618. The number of nitrogens with one attached hydrogen (secondary N) is 4. The third-order valence-electron chi connectivity index (χ3n) is 4.52. The Morgan fingerprint density at radius 2 is 1.88 bits per heavy atom. The SMILES string of the molecule is CNc1ccc2c(=O)n(-c3ccc(NC(=O)NS(=O)(=O)c4ccc(C)s4)nn3)c(=O)[nH]c2c1. The Hall–Kier alpha value is -4.04. The molecule has 3 aromatic heterocycles. The highest BCUT2D eigenvalue weighted by Crippen LogP contribution is 2.20. The molecule has 0 fully saturated rings. The smallest absolute Gasteiger partial charge is 0.334 e. The summed E-state index contributed by atoms with van der Waals surface area (Å²) in [5.74, 6) is -0.161. The molecule has 0 saturated carbocycles. The predicted molar refractivity (Wildman–Crippen MR) is 124 cm³/mol. The van der Waals surface area contributed by atoms with Crippen molar-refractivity contribution in [2.24, 2.45) is 0 Å². The van der Waals surface area contributed by atoms with Gasteiger partial charge in [-0.15, -0.1) is 21.5 Å². The monoisotopic (exact) mass is 487 g/mol. The van der Waals surface area contributed by atoms with E-state index in [-0.39, 0.29) is 21.2 Å². The van der Waals surface area contributed by atoms with Crippen LogP contribution >= 0.6 is 11.3 Å². The number of carbonyl (C=O) groups is 1. The van der Waals surface area contributed by atoms with Gasteiger partial charge in [0.2, 0.25) is 0 Å². The maximum absolute atomic E-state index is 12.8. The number of nitrogens with zero attached hydrogens (tertiary/aromatic N) is 3. The zero-order valence-electron chi connectivity index (χ0n) is 17.2. The molecule has 0 aliphatic heterocycles. The normalized spacial score (nSPS) is 11.3. The van der Waals surface area contributed by atoms with E-state index < -0.39 is 27.3 Å². The number of aromatic amines is 1. The van der Waals surface area contributed by atoms with Crippen molar-refractivity contribution in [2.75, 3.05) is 17.7 Å². The Bertz CT molecular complexity index is 1590. The lowest BCUT2D eigenvalue weighted by molar-refractivity contribution is 0.256. The molecule has 0 unspecified atom stereocenters. The van der Waals surface area contributed by atoms with E-state index in [0.29, 0.717) is 5.52 Å². The summed E-state index contributed by atoms with van der Waals surface area (Å²) >= 11 is 1.02. The van der Waals surface area contributed by atoms with Crippen molar-refractivity contribution >= 4 is 49.8 Å². The molecule has 170 valence electrons. The molecule has 0 saturated heterocycles. The molecule has 12 nitrogen and oxygen atoms in total. The van der Waals surface area contributed by atoms with Crippen LogP contribution in [0.15, 0.2) is 56.3 Å². The van der Waals surface area contributed by atoms with Crippen molar-refractivity contribution in [3.63, 3.8) is 0 Å². The Balaban J connectivity index is 1.56. The first-order valence-corrected chi connectivity index (χ1v) is 11.7. The van der Waals surface area contributed by atoms with Crippen LogP contribution in [0.25, 0.3) is 16.7 Å². The molecule has 33 heavy (non-hydrogen) atoms. The summed E-state index contributed by atoms with van der Waals surface area (Å²) in [5.41, 5.74) is -0.231. The molecule has 2 amide bonds. The molecule has 0 aliphatic rings. The highest BCUT2D eigenvalue weighted by atomic mass is 32.2. The van der Waals surface area contributed by atoms with E-state index in [1.54, 1.807) is 38.2 Å². The van der Waals surface area contributed by atoms with E-state index in [1.807, 2.05) is 4.72 Å². The molecule has 3 heterocycles. The van der Waals surface area contributed by atoms with Crippen LogP contribution in [0.2, 0.25) is 0 Å². The van der Waals surface area contributed by atoms with Crippen molar-refractivity contribution in [2.45, 2.75) is 11.1 Å². The van der Waals surface area contributed by atoms with Crippen molar-refractivity contribution in [3.05, 3.63) is 68.2 Å². The number of amides is 2. The average Bonchev–Trinajstić information content (AvgIpc) is 3.21. The standard InChI is InChI=1S/C19H17N7O5S2/c1-10-3-8-16(32-10)33(30,31)25-18(28)22-14-6-7-15(24-23-14)26-17(27)12-5-4-11(20-2)9-13(12)21-19(26)29/h3-9,20H,1-2H3,(H,21,29)(H2,22,23,25,28). The van der Waals surface area contributed by atoms with Crippen LogP contribution in [0.4, 0.5) is 16.3 Å². The lowest BCUT2D eigenvalue weighted by atomic mass is 10.2. The number of benzene rings is 1. The van der Waals surface area contributed by atoms with Crippen molar-refractivity contribution in [1.29, 1.82) is 0 Å². The van der Waals surface area contributed by atoms with Gasteiger partial charge in [-0.3, -0.25) is 10.1 Å². The summed E-state index contributed by atoms with van der Waals surface area (Å²) < 4.78 is 27.1. The Kier molecular flexibility index (Phi) is 5.69. The number of hydrogen-bond donors (Lipinski definition) is 4. The Labute approximate surface area is 190 Å². The van der Waals surface area contributed by atoms with E-state index in [2.05, 4.69) is 25.8 Å². The summed E-state index contributed by atoms with van der Waals surface area (Å²) in [6, 6.07) is 9.44. The third kappa shape index (κ3) is 4.47. The molecule has 14 heteroatoms. The van der Waals surface area contributed by atoms with Gasteiger partial charge in [-0.25, -0.2) is 27.3 Å². The number of H-pyrrole nitrogens is 1. The van der Waals surface area contributed by atoms with Gasteiger partial charge in [-0.2, -0.15) is 0 Å². The van der Waals surface area contributed by atoms with Crippen LogP contribution < -0.4 is 26.6 Å². The fraction of sp³-hybridized carbons (Fsp3) is 0.105.